The van der Waals surface area contributed by atoms with Crippen LogP contribution in [-0.4, -0.2) is 82.8 Å². The minimum atomic E-state index is -4.60. The minimum Gasteiger partial charge on any atom is -0.464 e. The van der Waals surface area contributed by atoms with Gasteiger partial charge in [0.1, 0.15) is 30.1 Å². The first kappa shape index (κ1) is 40.3. The van der Waals surface area contributed by atoms with E-state index in [-0.39, 0.29) is 24.0 Å². The maximum absolute atomic E-state index is 14.1. The molecule has 0 amide bonds. The maximum Gasteiger partial charge on any atom is 0.409 e. The van der Waals surface area contributed by atoms with E-state index in [2.05, 4.69) is 15.2 Å². The third-order valence-corrected chi connectivity index (χ3v) is 9.42. The molecule has 0 aromatic carbocycles. The molecule has 19 heteroatoms. The minimum absolute atomic E-state index is 0.0375. The van der Waals surface area contributed by atoms with E-state index in [1.54, 1.807) is 20.8 Å². The summed E-state index contributed by atoms with van der Waals surface area (Å²) in [5, 5.41) is 17.2. The lowest BCUT2D eigenvalue weighted by Gasteiger charge is -2.28. The van der Waals surface area contributed by atoms with Crippen LogP contribution in [0.15, 0.2) is 18.5 Å². The normalized spacial score (nSPS) is 22.4. The van der Waals surface area contributed by atoms with E-state index in [0.717, 1.165) is 33.0 Å². The number of rotatable bonds is 16. The molecule has 3 N–H and O–H groups in total. The predicted octanol–water partition coefficient (Wildman–Crippen LogP) is 2.94. The van der Waals surface area contributed by atoms with Crippen molar-refractivity contribution in [2.45, 2.75) is 98.2 Å². The van der Waals surface area contributed by atoms with Crippen molar-refractivity contribution in [2.24, 2.45) is 11.3 Å². The first-order chi connectivity index (χ1) is 23.4. The fraction of sp³-hybridized carbons (Fsp3) is 0.645. The molecule has 6 atom stereocenters. The van der Waals surface area contributed by atoms with Gasteiger partial charge in [-0.15, -0.1) is 0 Å². The lowest BCUT2D eigenvalue weighted by Crippen LogP contribution is -2.45. The second-order valence-corrected chi connectivity index (χ2v) is 14.4. The molecule has 1 aliphatic rings. The van der Waals surface area contributed by atoms with Crippen molar-refractivity contribution in [1.82, 2.24) is 19.7 Å². The van der Waals surface area contributed by atoms with Gasteiger partial charge < -0.3 is 29.4 Å². The van der Waals surface area contributed by atoms with Gasteiger partial charge in [-0.2, -0.15) is 10.4 Å². The Morgan fingerprint density at radius 3 is 2.36 bits per heavy atom. The number of aromatic nitrogens is 3. The van der Waals surface area contributed by atoms with E-state index in [4.69, 9.17) is 38.5 Å². The summed E-state index contributed by atoms with van der Waals surface area (Å²) in [4.78, 5) is 53.8. The van der Waals surface area contributed by atoms with Gasteiger partial charge in [0.2, 0.25) is 12.4 Å². The van der Waals surface area contributed by atoms with Crippen LogP contribution in [0, 0.1) is 22.7 Å². The van der Waals surface area contributed by atoms with Crippen LogP contribution in [0.5, 0.6) is 0 Å². The lowest BCUT2D eigenvalue weighted by atomic mass is 9.92. The molecule has 50 heavy (non-hydrogen) atoms. The summed E-state index contributed by atoms with van der Waals surface area (Å²) < 4.78 is 54.2. The molecule has 1 aliphatic heterocycles. The van der Waals surface area contributed by atoms with Gasteiger partial charge in [0.25, 0.3) is 0 Å². The highest BCUT2D eigenvalue weighted by atomic mass is 31.2. The van der Waals surface area contributed by atoms with Crippen molar-refractivity contribution >= 4 is 43.0 Å². The number of fused-ring (bicyclic) bond motifs is 1. The number of carbonyl (C=O) groups is 4. The third kappa shape index (κ3) is 9.55. The number of carbonyl (C=O) groups excluding carboxylic acids is 4. The topological polar surface area (TPSA) is 242 Å². The summed E-state index contributed by atoms with van der Waals surface area (Å²) in [6, 6.07) is 3.73. The Morgan fingerprint density at radius 1 is 1.12 bits per heavy atom. The molecule has 0 spiro atoms. The van der Waals surface area contributed by atoms with Crippen LogP contribution in [0.3, 0.4) is 0 Å². The number of nitrogens with one attached hydrogen (secondary N) is 1. The van der Waals surface area contributed by atoms with Crippen molar-refractivity contribution in [3.8, 4) is 6.07 Å². The standard InChI is InChI=1S/C31H45N6O12P/c1-9-21(10-2)13-43-28(40)18(3)36-50(42,46-17-44-29(41)30(6,7)8)45-14-23-25(47-19(4)38)26(48-20(5)39)31(15-32,49-23)24-12-11-22-27(33)34-16-35-37(22)24/h11-12,16,18,21,23,25-26H,9-10,13-14,17H2,1-8H3,(H,36,42)(H2,33,34,35)/t18-,23+,25+,26+,31-,50-/m0/s1. The van der Waals surface area contributed by atoms with Gasteiger partial charge in [0, 0.05) is 13.8 Å². The fourth-order valence-electron chi connectivity index (χ4n) is 4.96. The largest absolute Gasteiger partial charge is 0.464 e. The van der Waals surface area contributed by atoms with Gasteiger partial charge in [-0.05, 0) is 45.7 Å². The summed E-state index contributed by atoms with van der Waals surface area (Å²) in [5.41, 5.74) is 3.22. The summed E-state index contributed by atoms with van der Waals surface area (Å²) in [6.45, 7) is 10.8. The van der Waals surface area contributed by atoms with E-state index >= 15 is 0 Å². The number of hydrogen-bond donors (Lipinski definition) is 2. The smallest absolute Gasteiger partial charge is 0.409 e. The van der Waals surface area contributed by atoms with Crippen molar-refractivity contribution in [3.63, 3.8) is 0 Å². The number of esters is 4. The molecular weight excluding hydrogens is 679 g/mol. The van der Waals surface area contributed by atoms with Crippen LogP contribution in [0.4, 0.5) is 5.82 Å². The number of nitrogen functional groups attached to an aromatic ring is 1. The number of anilines is 1. The predicted molar refractivity (Wildman–Crippen MR) is 173 cm³/mol. The van der Waals surface area contributed by atoms with Crippen LogP contribution in [-0.2, 0) is 62.1 Å². The molecule has 2 aromatic rings. The van der Waals surface area contributed by atoms with Gasteiger partial charge in [-0.25, -0.2) is 19.2 Å². The summed E-state index contributed by atoms with van der Waals surface area (Å²) in [6.07, 6.45) is -1.86. The molecule has 3 heterocycles. The Hall–Kier alpha value is -4.14. The summed E-state index contributed by atoms with van der Waals surface area (Å²) in [7, 11) is -4.60. The van der Waals surface area contributed by atoms with Crippen LogP contribution in [0.25, 0.3) is 5.52 Å². The molecule has 18 nitrogen and oxygen atoms in total. The molecule has 3 rings (SSSR count). The average molecular weight is 725 g/mol. The van der Waals surface area contributed by atoms with Crippen molar-refractivity contribution in [1.29, 1.82) is 5.26 Å². The Balaban J connectivity index is 1.98. The summed E-state index contributed by atoms with van der Waals surface area (Å²) in [5.74, 6) is -2.92. The third-order valence-electron chi connectivity index (χ3n) is 7.78. The van der Waals surface area contributed by atoms with E-state index < -0.39 is 80.4 Å². The molecule has 0 radical (unpaired) electrons. The van der Waals surface area contributed by atoms with E-state index in [0.29, 0.717) is 5.52 Å². The number of nitriles is 1. The van der Waals surface area contributed by atoms with Crippen LogP contribution in [0.2, 0.25) is 0 Å². The van der Waals surface area contributed by atoms with Crippen molar-refractivity contribution < 1.29 is 56.5 Å². The van der Waals surface area contributed by atoms with Crippen molar-refractivity contribution in [3.05, 3.63) is 24.2 Å². The first-order valence-electron chi connectivity index (χ1n) is 15.9. The maximum atomic E-state index is 14.1. The molecular formula is C31H45N6O12P. The van der Waals surface area contributed by atoms with Gasteiger partial charge in [0.05, 0.1) is 24.3 Å². The number of nitrogens with two attached hydrogens (primary N) is 1. The number of nitrogens with zero attached hydrogens (tertiary/aromatic N) is 4. The highest BCUT2D eigenvalue weighted by Crippen LogP contribution is 2.48. The van der Waals surface area contributed by atoms with Crippen LogP contribution >= 0.6 is 7.75 Å². The van der Waals surface area contributed by atoms with Crippen LogP contribution < -0.4 is 10.8 Å². The number of ether oxygens (including phenoxy) is 5. The Bertz CT molecular complexity index is 1630. The van der Waals surface area contributed by atoms with E-state index in [1.165, 1.54) is 23.6 Å². The zero-order valence-electron chi connectivity index (χ0n) is 29.4. The Labute approximate surface area is 289 Å². The second-order valence-electron chi connectivity index (χ2n) is 12.7. The van der Waals surface area contributed by atoms with Crippen LogP contribution in [0.1, 0.15) is 73.9 Å². The monoisotopic (exact) mass is 724 g/mol. The van der Waals surface area contributed by atoms with Gasteiger partial charge in [-0.3, -0.25) is 28.2 Å². The quantitative estimate of drug-likeness (QED) is 0.109. The highest BCUT2D eigenvalue weighted by Gasteiger charge is 2.62. The molecule has 2 aromatic heterocycles. The zero-order valence-corrected chi connectivity index (χ0v) is 30.3. The van der Waals surface area contributed by atoms with Gasteiger partial charge in [0.15, 0.2) is 18.0 Å². The zero-order chi connectivity index (χ0) is 37.4. The molecule has 0 unspecified atom stereocenters. The summed E-state index contributed by atoms with van der Waals surface area (Å²) >= 11 is 0. The molecule has 1 saturated heterocycles. The van der Waals surface area contributed by atoms with Gasteiger partial charge in [-0.1, -0.05) is 26.7 Å². The van der Waals surface area contributed by atoms with E-state index in [1.807, 2.05) is 19.9 Å². The first-order valence-corrected chi connectivity index (χ1v) is 17.5. The molecule has 0 bridgehead atoms. The fourth-order valence-corrected chi connectivity index (χ4v) is 6.30. The van der Waals surface area contributed by atoms with Crippen molar-refractivity contribution in [2.75, 3.05) is 25.7 Å². The molecule has 276 valence electrons. The Kier molecular flexibility index (Phi) is 13.5. The molecule has 1 fully saturated rings. The second kappa shape index (κ2) is 16.7. The lowest BCUT2D eigenvalue weighted by molar-refractivity contribution is -0.166. The number of hydrogen-bond acceptors (Lipinski definition) is 16. The Morgan fingerprint density at radius 2 is 1.78 bits per heavy atom. The average Bonchev–Trinajstić information content (AvgIpc) is 3.60. The van der Waals surface area contributed by atoms with Gasteiger partial charge >= 0.3 is 31.6 Å². The highest BCUT2D eigenvalue weighted by molar-refractivity contribution is 7.51. The SMILES string of the molecule is CCC(CC)COC(=O)[C@H](C)N[P@@](=O)(OCOC(=O)C(C)(C)C)OC[C@H]1O[C@@](C#N)(c2ccc3c(N)ncnn23)[C@H](OC(C)=O)[C@@H]1OC(C)=O. The van der Waals surface area contributed by atoms with E-state index in [9.17, 15) is 29.0 Å². The molecule has 0 aliphatic carbocycles. The molecule has 0 saturated carbocycles.